The van der Waals surface area contributed by atoms with E-state index in [9.17, 15) is 4.79 Å². The molecule has 0 radical (unpaired) electrons. The molecule has 0 unspecified atom stereocenters. The van der Waals surface area contributed by atoms with Crippen LogP contribution in [0.4, 0.5) is 5.69 Å². The van der Waals surface area contributed by atoms with Crippen molar-refractivity contribution in [2.75, 3.05) is 18.3 Å². The number of rotatable bonds is 3. The van der Waals surface area contributed by atoms with Gasteiger partial charge in [0.25, 0.3) is 5.91 Å². The highest BCUT2D eigenvalue weighted by molar-refractivity contribution is 8.13. The molecule has 0 saturated carbocycles. The standard InChI is InChI=1S/C18H16N2O2S/c1-22-15-10-8-13(9-11-15)12-16-17(21)20(18(19-16)23-2)14-6-4-3-5-7-14/h3-12H,1-2H3/b16-12+. The van der Waals surface area contributed by atoms with Crippen molar-refractivity contribution in [1.82, 2.24) is 0 Å². The molecule has 2 aromatic carbocycles. The van der Waals surface area contributed by atoms with Gasteiger partial charge in [0.2, 0.25) is 0 Å². The summed E-state index contributed by atoms with van der Waals surface area (Å²) in [5.41, 5.74) is 2.17. The molecular weight excluding hydrogens is 308 g/mol. The summed E-state index contributed by atoms with van der Waals surface area (Å²) in [5, 5.41) is 0.681. The molecule has 0 aromatic heterocycles. The third kappa shape index (κ3) is 3.14. The van der Waals surface area contributed by atoms with Gasteiger partial charge in [-0.05, 0) is 42.2 Å². The summed E-state index contributed by atoms with van der Waals surface area (Å²) in [4.78, 5) is 18.8. The lowest BCUT2D eigenvalue weighted by molar-refractivity contribution is -0.113. The highest BCUT2D eigenvalue weighted by Gasteiger charge is 2.30. The van der Waals surface area contributed by atoms with E-state index in [2.05, 4.69) is 4.99 Å². The zero-order chi connectivity index (χ0) is 16.2. The Hall–Kier alpha value is -2.53. The Balaban J connectivity index is 1.93. The van der Waals surface area contributed by atoms with Gasteiger partial charge in [-0.15, -0.1) is 0 Å². The molecular formula is C18H16N2O2S. The van der Waals surface area contributed by atoms with Crippen LogP contribution in [0.5, 0.6) is 5.75 Å². The quantitative estimate of drug-likeness (QED) is 0.807. The van der Waals surface area contributed by atoms with Crippen LogP contribution in [-0.2, 0) is 4.79 Å². The first kappa shape index (κ1) is 15.4. The molecule has 0 fully saturated rings. The van der Waals surface area contributed by atoms with E-state index in [1.54, 1.807) is 18.1 Å². The largest absolute Gasteiger partial charge is 0.497 e. The Labute approximate surface area is 139 Å². The number of carbonyl (C=O) groups is 1. The number of methoxy groups -OCH3 is 1. The number of anilines is 1. The summed E-state index contributed by atoms with van der Waals surface area (Å²) in [5.74, 6) is 0.667. The topological polar surface area (TPSA) is 41.9 Å². The Kier molecular flexibility index (Phi) is 4.48. The lowest BCUT2D eigenvalue weighted by Crippen LogP contribution is -2.29. The van der Waals surface area contributed by atoms with E-state index in [1.807, 2.05) is 60.9 Å². The van der Waals surface area contributed by atoms with Crippen molar-refractivity contribution in [3.63, 3.8) is 0 Å². The van der Waals surface area contributed by atoms with Gasteiger partial charge in [0.1, 0.15) is 11.4 Å². The van der Waals surface area contributed by atoms with E-state index >= 15 is 0 Å². The van der Waals surface area contributed by atoms with Crippen LogP contribution in [0.25, 0.3) is 6.08 Å². The minimum absolute atomic E-state index is 0.114. The average Bonchev–Trinajstić information content (AvgIpc) is 2.92. The highest BCUT2D eigenvalue weighted by Crippen LogP contribution is 2.28. The summed E-state index contributed by atoms with van der Waals surface area (Å²) < 4.78 is 5.14. The van der Waals surface area contributed by atoms with Crippen molar-refractivity contribution in [1.29, 1.82) is 0 Å². The minimum Gasteiger partial charge on any atom is -0.497 e. The predicted molar refractivity (Wildman–Crippen MR) is 95.8 cm³/mol. The van der Waals surface area contributed by atoms with Gasteiger partial charge in [0, 0.05) is 0 Å². The Morgan fingerprint density at radius 3 is 2.39 bits per heavy atom. The molecule has 2 aromatic rings. The van der Waals surface area contributed by atoms with Crippen LogP contribution >= 0.6 is 11.8 Å². The van der Waals surface area contributed by atoms with E-state index in [0.717, 1.165) is 17.0 Å². The predicted octanol–water partition coefficient (Wildman–Crippen LogP) is 3.80. The van der Waals surface area contributed by atoms with Gasteiger partial charge in [0.05, 0.1) is 12.8 Å². The number of aliphatic imine (C=N–C) groups is 1. The van der Waals surface area contributed by atoms with Gasteiger partial charge in [-0.2, -0.15) is 0 Å². The molecule has 4 nitrogen and oxygen atoms in total. The number of amidine groups is 1. The van der Waals surface area contributed by atoms with E-state index in [1.165, 1.54) is 11.8 Å². The monoisotopic (exact) mass is 324 g/mol. The Morgan fingerprint density at radius 1 is 1.09 bits per heavy atom. The molecule has 23 heavy (non-hydrogen) atoms. The zero-order valence-corrected chi connectivity index (χ0v) is 13.7. The number of para-hydroxylation sites is 1. The van der Waals surface area contributed by atoms with Crippen LogP contribution < -0.4 is 9.64 Å². The normalized spacial score (nSPS) is 15.9. The molecule has 5 heteroatoms. The molecule has 0 N–H and O–H groups in total. The number of carbonyl (C=O) groups excluding carboxylic acids is 1. The maximum Gasteiger partial charge on any atom is 0.283 e. The van der Waals surface area contributed by atoms with Crippen molar-refractivity contribution in [3.05, 3.63) is 65.9 Å². The molecule has 1 aliphatic heterocycles. The summed E-state index contributed by atoms with van der Waals surface area (Å²) in [7, 11) is 1.63. The fourth-order valence-electron chi connectivity index (χ4n) is 2.30. The minimum atomic E-state index is -0.114. The smallest absolute Gasteiger partial charge is 0.283 e. The maximum absolute atomic E-state index is 12.7. The fourth-order valence-corrected chi connectivity index (χ4v) is 2.86. The molecule has 1 amide bonds. The van der Waals surface area contributed by atoms with Gasteiger partial charge in [0.15, 0.2) is 5.17 Å². The third-order valence-electron chi connectivity index (χ3n) is 3.45. The van der Waals surface area contributed by atoms with Crippen LogP contribution in [0.3, 0.4) is 0 Å². The van der Waals surface area contributed by atoms with Crippen LogP contribution in [0.2, 0.25) is 0 Å². The van der Waals surface area contributed by atoms with E-state index < -0.39 is 0 Å². The van der Waals surface area contributed by atoms with Crippen LogP contribution in [0.1, 0.15) is 5.56 Å². The van der Waals surface area contributed by atoms with E-state index in [-0.39, 0.29) is 5.91 Å². The first-order chi connectivity index (χ1) is 11.2. The molecule has 1 heterocycles. The molecule has 0 bridgehead atoms. The average molecular weight is 324 g/mol. The number of nitrogens with zero attached hydrogens (tertiary/aromatic N) is 2. The van der Waals surface area contributed by atoms with Gasteiger partial charge in [-0.3, -0.25) is 9.69 Å². The molecule has 0 saturated heterocycles. The van der Waals surface area contributed by atoms with Gasteiger partial charge in [-0.1, -0.05) is 42.1 Å². The van der Waals surface area contributed by atoms with Crippen molar-refractivity contribution >= 4 is 34.6 Å². The van der Waals surface area contributed by atoms with E-state index in [0.29, 0.717) is 10.9 Å². The number of thioether (sulfide) groups is 1. The summed E-state index contributed by atoms with van der Waals surface area (Å²) in [6.07, 6.45) is 3.71. The highest BCUT2D eigenvalue weighted by atomic mass is 32.2. The number of hydrogen-bond donors (Lipinski definition) is 0. The van der Waals surface area contributed by atoms with Crippen molar-refractivity contribution in [2.45, 2.75) is 0 Å². The number of benzene rings is 2. The SMILES string of the molecule is COc1ccc(/C=C2/N=C(SC)N(c3ccccc3)C2=O)cc1. The van der Waals surface area contributed by atoms with Gasteiger partial charge in [-0.25, -0.2) is 4.99 Å². The van der Waals surface area contributed by atoms with E-state index in [4.69, 9.17) is 4.74 Å². The van der Waals surface area contributed by atoms with Crippen LogP contribution in [0.15, 0.2) is 65.3 Å². The second kappa shape index (κ2) is 6.71. The first-order valence-corrected chi connectivity index (χ1v) is 8.33. The van der Waals surface area contributed by atoms with Crippen LogP contribution in [-0.4, -0.2) is 24.4 Å². The molecule has 3 rings (SSSR count). The second-order valence-corrected chi connectivity index (χ2v) is 5.65. The number of amides is 1. The van der Waals surface area contributed by atoms with Crippen molar-refractivity contribution < 1.29 is 9.53 Å². The lowest BCUT2D eigenvalue weighted by Gasteiger charge is -2.16. The molecule has 0 aliphatic carbocycles. The van der Waals surface area contributed by atoms with Crippen LogP contribution in [0, 0.1) is 0 Å². The number of ether oxygens (including phenoxy) is 1. The molecule has 0 spiro atoms. The fraction of sp³-hybridized carbons (Fsp3) is 0.111. The zero-order valence-electron chi connectivity index (χ0n) is 12.9. The first-order valence-electron chi connectivity index (χ1n) is 7.11. The lowest BCUT2D eigenvalue weighted by atomic mass is 10.2. The summed E-state index contributed by atoms with van der Waals surface area (Å²) in [6.45, 7) is 0. The van der Waals surface area contributed by atoms with Crippen molar-refractivity contribution in [3.8, 4) is 5.75 Å². The molecule has 0 atom stereocenters. The van der Waals surface area contributed by atoms with Crippen molar-refractivity contribution in [2.24, 2.45) is 4.99 Å². The van der Waals surface area contributed by atoms with Gasteiger partial charge < -0.3 is 4.74 Å². The molecule has 116 valence electrons. The van der Waals surface area contributed by atoms with Gasteiger partial charge >= 0.3 is 0 Å². The number of hydrogen-bond acceptors (Lipinski definition) is 4. The Morgan fingerprint density at radius 2 is 1.78 bits per heavy atom. The summed E-state index contributed by atoms with van der Waals surface area (Å²) >= 11 is 1.45. The summed E-state index contributed by atoms with van der Waals surface area (Å²) in [6, 6.07) is 17.1. The third-order valence-corrected chi connectivity index (χ3v) is 4.08. The Bertz CT molecular complexity index is 767. The molecule has 1 aliphatic rings. The second-order valence-electron chi connectivity index (χ2n) is 4.88. The maximum atomic E-state index is 12.7.